The average molecular weight is 463 g/mol. The molecule has 5 rings (SSSR count). The van der Waals surface area contributed by atoms with Crippen LogP contribution >= 0.6 is 0 Å². The number of aromatic nitrogens is 5. The number of rotatable bonds is 3. The Hall–Kier alpha value is -2.54. The third kappa shape index (κ3) is 4.19. The molecule has 2 aliphatic rings. The summed E-state index contributed by atoms with van der Waals surface area (Å²) in [5.74, 6) is 0.759. The van der Waals surface area contributed by atoms with Crippen LogP contribution in [0.2, 0.25) is 0 Å². The van der Waals surface area contributed by atoms with Crippen molar-refractivity contribution in [3.8, 4) is 0 Å². The minimum absolute atomic E-state index is 0.0470. The van der Waals surface area contributed by atoms with Crippen molar-refractivity contribution in [2.24, 2.45) is 5.41 Å². The Morgan fingerprint density at radius 2 is 1.76 bits per heavy atom. The van der Waals surface area contributed by atoms with Crippen molar-refractivity contribution >= 4 is 10.9 Å². The van der Waals surface area contributed by atoms with Gasteiger partial charge in [-0.05, 0) is 106 Å². The lowest BCUT2D eigenvalue weighted by Crippen LogP contribution is -2.48. The van der Waals surface area contributed by atoms with E-state index in [0.29, 0.717) is 5.41 Å². The zero-order chi connectivity index (χ0) is 24.1. The highest BCUT2D eigenvalue weighted by Gasteiger charge is 2.41. The maximum Gasteiger partial charge on any atom is 0.253 e. The third-order valence-corrected chi connectivity index (χ3v) is 7.98. The molecular formula is C27H38N6O. The first kappa shape index (κ1) is 23.2. The molecule has 3 heterocycles. The molecule has 0 amide bonds. The van der Waals surface area contributed by atoms with Gasteiger partial charge in [0.15, 0.2) is 5.82 Å². The van der Waals surface area contributed by atoms with Crippen LogP contribution in [0.15, 0.2) is 23.0 Å². The Balaban J connectivity index is 1.67. The van der Waals surface area contributed by atoms with Gasteiger partial charge in [0, 0.05) is 23.0 Å². The van der Waals surface area contributed by atoms with Crippen LogP contribution in [0.5, 0.6) is 0 Å². The number of nitrogens with zero attached hydrogens (tertiary/aromatic N) is 5. The van der Waals surface area contributed by atoms with Gasteiger partial charge in [-0.15, -0.1) is 5.10 Å². The number of piperidine rings is 1. The van der Waals surface area contributed by atoms with Crippen molar-refractivity contribution < 1.29 is 0 Å². The molecule has 182 valence electrons. The third-order valence-electron chi connectivity index (χ3n) is 7.98. The molecule has 3 aromatic rings. The molecule has 0 unspecified atom stereocenters. The maximum atomic E-state index is 13.6. The fourth-order valence-electron chi connectivity index (χ4n) is 6.41. The van der Waals surface area contributed by atoms with E-state index in [4.69, 9.17) is 0 Å². The predicted molar refractivity (Wildman–Crippen MR) is 135 cm³/mol. The summed E-state index contributed by atoms with van der Waals surface area (Å²) < 4.78 is 1.91. The second-order valence-electron chi connectivity index (χ2n) is 11.8. The van der Waals surface area contributed by atoms with Gasteiger partial charge in [0.2, 0.25) is 0 Å². The Kier molecular flexibility index (Phi) is 5.87. The fourth-order valence-corrected chi connectivity index (χ4v) is 6.41. The molecule has 1 aliphatic carbocycles. The molecule has 1 atom stereocenters. The van der Waals surface area contributed by atoms with E-state index in [1.54, 1.807) is 0 Å². The molecule has 2 aromatic heterocycles. The number of benzene rings is 1. The summed E-state index contributed by atoms with van der Waals surface area (Å²) in [6.45, 7) is 12.5. The van der Waals surface area contributed by atoms with Crippen LogP contribution in [0.4, 0.5) is 0 Å². The van der Waals surface area contributed by atoms with E-state index in [1.807, 2.05) is 4.68 Å². The molecule has 0 radical (unpaired) electrons. The highest BCUT2D eigenvalue weighted by molar-refractivity contribution is 5.83. The summed E-state index contributed by atoms with van der Waals surface area (Å²) in [4.78, 5) is 19.3. The summed E-state index contributed by atoms with van der Waals surface area (Å²) in [5.41, 5.74) is 3.97. The number of aromatic amines is 1. The number of fused-ring (bicyclic) bond motifs is 1. The summed E-state index contributed by atoms with van der Waals surface area (Å²) in [6.07, 6.45) is 8.97. The lowest BCUT2D eigenvalue weighted by molar-refractivity contribution is 0.0329. The van der Waals surface area contributed by atoms with E-state index in [1.165, 1.54) is 44.1 Å². The van der Waals surface area contributed by atoms with Crippen molar-refractivity contribution in [2.75, 3.05) is 13.1 Å². The molecule has 7 nitrogen and oxygen atoms in total. The van der Waals surface area contributed by atoms with Gasteiger partial charge in [0.05, 0.1) is 5.54 Å². The topological polar surface area (TPSA) is 79.7 Å². The average Bonchev–Trinajstić information content (AvgIpc) is 3.25. The first-order valence-electron chi connectivity index (χ1n) is 12.8. The van der Waals surface area contributed by atoms with Crippen LogP contribution in [-0.4, -0.2) is 43.2 Å². The van der Waals surface area contributed by atoms with Crippen LogP contribution in [0.3, 0.4) is 0 Å². The lowest BCUT2D eigenvalue weighted by atomic mass is 9.69. The van der Waals surface area contributed by atoms with Crippen LogP contribution < -0.4 is 5.56 Å². The van der Waals surface area contributed by atoms with E-state index >= 15 is 0 Å². The molecule has 1 aliphatic heterocycles. The second kappa shape index (κ2) is 8.59. The monoisotopic (exact) mass is 462 g/mol. The number of tetrazole rings is 1. The molecule has 1 aromatic carbocycles. The Labute approximate surface area is 201 Å². The smallest absolute Gasteiger partial charge is 0.253 e. The van der Waals surface area contributed by atoms with E-state index in [2.05, 4.69) is 78.2 Å². The molecular weight excluding hydrogens is 424 g/mol. The number of likely N-dealkylation sites (tertiary alicyclic amines) is 1. The summed E-state index contributed by atoms with van der Waals surface area (Å²) in [7, 11) is 0. The minimum Gasteiger partial charge on any atom is -0.322 e. The summed E-state index contributed by atoms with van der Waals surface area (Å²) >= 11 is 0. The molecule has 1 spiro atoms. The second-order valence-corrected chi connectivity index (χ2v) is 11.8. The van der Waals surface area contributed by atoms with E-state index < -0.39 is 0 Å². The molecule has 7 heteroatoms. The van der Waals surface area contributed by atoms with Gasteiger partial charge in [-0.2, -0.15) is 0 Å². The number of H-pyrrole nitrogens is 1. The number of hydrogen-bond acceptors (Lipinski definition) is 5. The standard InChI is InChI=1S/C27H38N6O/c1-18-14-19(2)20-16-21(25(34)28-22(20)15-18)23(24-29-30-31-33(24)26(3,4)5)32-13-9-12-27(17-32)10-7-6-8-11-27/h14-16,23H,6-13,17H2,1-5H3,(H,28,34)/t23-/m0/s1. The molecule has 0 bridgehead atoms. The van der Waals surface area contributed by atoms with Crippen LogP contribution in [-0.2, 0) is 5.54 Å². The van der Waals surface area contributed by atoms with Crippen molar-refractivity contribution in [3.05, 3.63) is 51.1 Å². The minimum atomic E-state index is -0.286. The van der Waals surface area contributed by atoms with Gasteiger partial charge in [0.1, 0.15) is 6.04 Å². The number of nitrogens with one attached hydrogen (secondary N) is 1. The van der Waals surface area contributed by atoms with Gasteiger partial charge >= 0.3 is 0 Å². The van der Waals surface area contributed by atoms with Crippen LogP contribution in [0.1, 0.15) is 94.3 Å². The highest BCUT2D eigenvalue weighted by Crippen LogP contribution is 2.45. The Bertz CT molecular complexity index is 1240. The van der Waals surface area contributed by atoms with E-state index in [0.717, 1.165) is 47.4 Å². The molecule has 34 heavy (non-hydrogen) atoms. The van der Waals surface area contributed by atoms with E-state index in [9.17, 15) is 4.79 Å². The van der Waals surface area contributed by atoms with Crippen LogP contribution in [0, 0.1) is 19.3 Å². The van der Waals surface area contributed by atoms with Crippen molar-refractivity contribution in [3.63, 3.8) is 0 Å². The quantitative estimate of drug-likeness (QED) is 0.591. The van der Waals surface area contributed by atoms with Crippen molar-refractivity contribution in [1.29, 1.82) is 0 Å². The van der Waals surface area contributed by atoms with Gasteiger partial charge in [-0.1, -0.05) is 25.3 Å². The van der Waals surface area contributed by atoms with Gasteiger partial charge in [0.25, 0.3) is 5.56 Å². The van der Waals surface area contributed by atoms with Crippen molar-refractivity contribution in [2.45, 2.75) is 91.1 Å². The van der Waals surface area contributed by atoms with Crippen molar-refractivity contribution in [1.82, 2.24) is 30.1 Å². The number of aryl methyl sites for hydroxylation is 2. The van der Waals surface area contributed by atoms with Gasteiger partial charge < -0.3 is 4.98 Å². The Morgan fingerprint density at radius 1 is 1.03 bits per heavy atom. The summed E-state index contributed by atoms with van der Waals surface area (Å²) in [6, 6.07) is 6.05. The van der Waals surface area contributed by atoms with Gasteiger partial charge in [-0.25, -0.2) is 4.68 Å². The van der Waals surface area contributed by atoms with Gasteiger partial charge in [-0.3, -0.25) is 9.69 Å². The number of pyridine rings is 1. The lowest BCUT2D eigenvalue weighted by Gasteiger charge is -2.47. The zero-order valence-electron chi connectivity index (χ0n) is 21.3. The maximum absolute atomic E-state index is 13.6. The molecule has 2 fully saturated rings. The SMILES string of the molecule is Cc1cc(C)c2cc([C@@H](c3nnnn3C(C)(C)C)N3CCCC4(CCCCC4)C3)c(=O)[nH]c2c1. The Morgan fingerprint density at radius 3 is 2.50 bits per heavy atom. The predicted octanol–water partition coefficient (Wildman–Crippen LogP) is 5.02. The first-order valence-corrected chi connectivity index (χ1v) is 12.8. The molecule has 1 saturated carbocycles. The first-order chi connectivity index (χ1) is 16.2. The van der Waals surface area contributed by atoms with E-state index in [-0.39, 0.29) is 17.1 Å². The largest absolute Gasteiger partial charge is 0.322 e. The zero-order valence-corrected chi connectivity index (χ0v) is 21.3. The molecule has 1 saturated heterocycles. The fraction of sp³-hybridized carbons (Fsp3) is 0.630. The normalized spacial score (nSPS) is 20.1. The van der Waals surface area contributed by atoms with Crippen LogP contribution in [0.25, 0.3) is 10.9 Å². The number of hydrogen-bond donors (Lipinski definition) is 1. The molecule has 1 N–H and O–H groups in total. The summed E-state index contributed by atoms with van der Waals surface area (Å²) in [5, 5.41) is 14.1. The highest BCUT2D eigenvalue weighted by atomic mass is 16.1.